The molecule has 0 aliphatic rings. The van der Waals surface area contributed by atoms with Gasteiger partial charge in [0.05, 0.1) is 5.69 Å². The van der Waals surface area contributed by atoms with Crippen molar-refractivity contribution >= 4 is 5.69 Å². The van der Waals surface area contributed by atoms with Crippen LogP contribution in [0.4, 0.5) is 10.1 Å². The summed E-state index contributed by atoms with van der Waals surface area (Å²) in [5.74, 6) is -0.249. The molecule has 0 bridgehead atoms. The van der Waals surface area contributed by atoms with Crippen molar-refractivity contribution in [1.82, 2.24) is 4.98 Å². The third kappa shape index (κ3) is 3.29. The largest absolute Gasteiger partial charge is 0.368 e. The lowest BCUT2D eigenvalue weighted by Gasteiger charge is -2.20. The van der Waals surface area contributed by atoms with Gasteiger partial charge in [-0.05, 0) is 36.2 Å². The SMILES string of the molecule is C[C@@H](N)c1ccc(N(C)Cc2cccnc2)c(F)c1. The van der Waals surface area contributed by atoms with E-state index in [2.05, 4.69) is 4.98 Å². The Kier molecular flexibility index (Phi) is 4.12. The van der Waals surface area contributed by atoms with Crippen LogP contribution in [0.15, 0.2) is 42.7 Å². The number of nitrogens with two attached hydrogens (primary N) is 1. The number of benzene rings is 1. The summed E-state index contributed by atoms with van der Waals surface area (Å²) in [6, 6.07) is 8.82. The molecule has 2 N–H and O–H groups in total. The lowest BCUT2D eigenvalue weighted by Crippen LogP contribution is -2.18. The minimum Gasteiger partial charge on any atom is -0.368 e. The van der Waals surface area contributed by atoms with E-state index in [1.54, 1.807) is 18.5 Å². The number of rotatable bonds is 4. The zero-order valence-corrected chi connectivity index (χ0v) is 11.2. The fourth-order valence-electron chi connectivity index (χ4n) is 1.97. The third-order valence-electron chi connectivity index (χ3n) is 3.05. The lowest BCUT2D eigenvalue weighted by molar-refractivity contribution is 0.617. The number of hydrogen-bond acceptors (Lipinski definition) is 3. The molecule has 0 unspecified atom stereocenters. The van der Waals surface area contributed by atoms with Crippen LogP contribution in [-0.4, -0.2) is 12.0 Å². The smallest absolute Gasteiger partial charge is 0.146 e. The summed E-state index contributed by atoms with van der Waals surface area (Å²) in [6.07, 6.45) is 3.51. The Bertz CT molecular complexity index is 540. The highest BCUT2D eigenvalue weighted by Crippen LogP contribution is 2.23. The maximum absolute atomic E-state index is 14.1. The summed E-state index contributed by atoms with van der Waals surface area (Å²) >= 11 is 0. The predicted molar refractivity (Wildman–Crippen MR) is 75.3 cm³/mol. The first-order chi connectivity index (χ1) is 9.08. The number of hydrogen-bond donors (Lipinski definition) is 1. The molecule has 3 nitrogen and oxygen atoms in total. The Hall–Kier alpha value is -1.94. The minimum absolute atomic E-state index is 0.160. The van der Waals surface area contributed by atoms with Crippen molar-refractivity contribution in [2.75, 3.05) is 11.9 Å². The van der Waals surface area contributed by atoms with Gasteiger partial charge >= 0.3 is 0 Å². The summed E-state index contributed by atoms with van der Waals surface area (Å²) in [7, 11) is 1.86. The van der Waals surface area contributed by atoms with E-state index in [0.29, 0.717) is 12.2 Å². The molecule has 1 atom stereocenters. The van der Waals surface area contributed by atoms with Crippen LogP contribution in [0.3, 0.4) is 0 Å². The fourth-order valence-corrected chi connectivity index (χ4v) is 1.97. The molecule has 100 valence electrons. The second-order valence-electron chi connectivity index (χ2n) is 4.72. The summed E-state index contributed by atoms with van der Waals surface area (Å²) < 4.78 is 14.1. The molecule has 0 aliphatic heterocycles. The lowest BCUT2D eigenvalue weighted by atomic mass is 10.1. The second kappa shape index (κ2) is 5.80. The van der Waals surface area contributed by atoms with Crippen molar-refractivity contribution in [2.45, 2.75) is 19.5 Å². The molecule has 1 aromatic heterocycles. The van der Waals surface area contributed by atoms with E-state index in [9.17, 15) is 4.39 Å². The Labute approximate surface area is 112 Å². The first-order valence-corrected chi connectivity index (χ1v) is 6.23. The van der Waals surface area contributed by atoms with E-state index in [0.717, 1.165) is 11.1 Å². The van der Waals surface area contributed by atoms with Crippen molar-refractivity contribution in [3.8, 4) is 0 Å². The molecule has 0 fully saturated rings. The minimum atomic E-state index is -0.249. The molecule has 0 saturated carbocycles. The van der Waals surface area contributed by atoms with Crippen LogP contribution >= 0.6 is 0 Å². The molecule has 1 aromatic carbocycles. The Balaban J connectivity index is 2.17. The van der Waals surface area contributed by atoms with Crippen LogP contribution in [-0.2, 0) is 6.54 Å². The van der Waals surface area contributed by atoms with Gasteiger partial charge in [-0.25, -0.2) is 4.39 Å². The highest BCUT2D eigenvalue weighted by atomic mass is 19.1. The van der Waals surface area contributed by atoms with Gasteiger partial charge < -0.3 is 10.6 Å². The average molecular weight is 259 g/mol. The van der Waals surface area contributed by atoms with Gasteiger partial charge in [0.2, 0.25) is 0 Å². The second-order valence-corrected chi connectivity index (χ2v) is 4.72. The summed E-state index contributed by atoms with van der Waals surface area (Å²) in [4.78, 5) is 5.91. The quantitative estimate of drug-likeness (QED) is 0.918. The van der Waals surface area contributed by atoms with E-state index < -0.39 is 0 Å². The topological polar surface area (TPSA) is 42.1 Å². The maximum Gasteiger partial charge on any atom is 0.146 e. The summed E-state index contributed by atoms with van der Waals surface area (Å²) in [5.41, 5.74) is 8.15. The van der Waals surface area contributed by atoms with Crippen molar-refractivity contribution in [1.29, 1.82) is 0 Å². The Morgan fingerprint density at radius 2 is 2.16 bits per heavy atom. The fraction of sp³-hybridized carbons (Fsp3) is 0.267. The molecule has 1 heterocycles. The van der Waals surface area contributed by atoms with E-state index >= 15 is 0 Å². The first-order valence-electron chi connectivity index (χ1n) is 6.23. The standard InChI is InChI=1S/C15H18FN3/c1-11(17)13-5-6-15(14(16)8-13)19(2)10-12-4-3-7-18-9-12/h3-9,11H,10,17H2,1-2H3/t11-/m1/s1. The molecular weight excluding hydrogens is 241 g/mol. The molecule has 0 aliphatic carbocycles. The molecule has 0 amide bonds. The van der Waals surface area contributed by atoms with Crippen LogP contribution in [0.5, 0.6) is 0 Å². The van der Waals surface area contributed by atoms with E-state index in [4.69, 9.17) is 5.73 Å². The van der Waals surface area contributed by atoms with Crippen molar-refractivity contribution in [3.05, 3.63) is 59.7 Å². The summed E-state index contributed by atoms with van der Waals surface area (Å²) in [5, 5.41) is 0. The van der Waals surface area contributed by atoms with Gasteiger partial charge in [-0.1, -0.05) is 12.1 Å². The van der Waals surface area contributed by atoms with Crippen LogP contribution in [0, 0.1) is 5.82 Å². The first kappa shape index (κ1) is 13.5. The van der Waals surface area contributed by atoms with Crippen molar-refractivity contribution < 1.29 is 4.39 Å². The zero-order valence-electron chi connectivity index (χ0n) is 11.2. The monoisotopic (exact) mass is 259 g/mol. The highest BCUT2D eigenvalue weighted by molar-refractivity contribution is 5.49. The number of nitrogens with zero attached hydrogens (tertiary/aromatic N) is 2. The molecule has 2 rings (SSSR count). The zero-order chi connectivity index (χ0) is 13.8. The maximum atomic E-state index is 14.1. The van der Waals surface area contributed by atoms with E-state index in [-0.39, 0.29) is 11.9 Å². The number of anilines is 1. The third-order valence-corrected chi connectivity index (χ3v) is 3.05. The molecule has 2 aromatic rings. The van der Waals surface area contributed by atoms with Crippen LogP contribution in [0.25, 0.3) is 0 Å². The highest BCUT2D eigenvalue weighted by Gasteiger charge is 2.10. The molecular formula is C15H18FN3. The average Bonchev–Trinajstić information content (AvgIpc) is 2.39. The van der Waals surface area contributed by atoms with Gasteiger partial charge in [0, 0.05) is 32.0 Å². The van der Waals surface area contributed by atoms with E-state index in [1.165, 1.54) is 6.07 Å². The van der Waals surface area contributed by atoms with E-state index in [1.807, 2.05) is 37.1 Å². The predicted octanol–water partition coefficient (Wildman–Crippen LogP) is 2.88. The Morgan fingerprint density at radius 3 is 2.74 bits per heavy atom. The van der Waals surface area contributed by atoms with Gasteiger partial charge in [0.1, 0.15) is 5.82 Å². The van der Waals surface area contributed by atoms with Crippen LogP contribution in [0.1, 0.15) is 24.1 Å². The molecule has 0 radical (unpaired) electrons. The molecule has 0 saturated heterocycles. The number of aromatic nitrogens is 1. The normalized spacial score (nSPS) is 12.2. The van der Waals surface area contributed by atoms with Gasteiger partial charge in [0.25, 0.3) is 0 Å². The number of pyridine rings is 1. The molecule has 19 heavy (non-hydrogen) atoms. The Morgan fingerprint density at radius 1 is 1.37 bits per heavy atom. The van der Waals surface area contributed by atoms with Crippen molar-refractivity contribution in [3.63, 3.8) is 0 Å². The van der Waals surface area contributed by atoms with Crippen LogP contribution in [0.2, 0.25) is 0 Å². The van der Waals surface area contributed by atoms with Gasteiger partial charge in [-0.2, -0.15) is 0 Å². The summed E-state index contributed by atoms with van der Waals surface area (Å²) in [6.45, 7) is 2.45. The van der Waals surface area contributed by atoms with Gasteiger partial charge in [0.15, 0.2) is 0 Å². The van der Waals surface area contributed by atoms with Gasteiger partial charge in [-0.3, -0.25) is 4.98 Å². The number of halogens is 1. The van der Waals surface area contributed by atoms with Crippen molar-refractivity contribution in [2.24, 2.45) is 5.73 Å². The van der Waals surface area contributed by atoms with Crippen LogP contribution < -0.4 is 10.6 Å². The molecule has 4 heteroatoms. The molecule has 0 spiro atoms. The van der Waals surface area contributed by atoms with Gasteiger partial charge in [-0.15, -0.1) is 0 Å².